The van der Waals surface area contributed by atoms with E-state index in [1.54, 1.807) is 5.06 Å². The standard InChI is InChI=1S/C8H19NO3P.Na.H/c1-4-7-8-11-13(10)12-9(5-2)6-3;;/h4-8H2,1-3H3;;/q2*+1;-1. The zero-order valence-corrected chi connectivity index (χ0v) is 12.5. The minimum absolute atomic E-state index is 0. The van der Waals surface area contributed by atoms with Crippen LogP contribution in [0.1, 0.15) is 35.0 Å². The van der Waals surface area contributed by atoms with E-state index in [9.17, 15) is 4.57 Å². The van der Waals surface area contributed by atoms with Gasteiger partial charge >= 0.3 is 37.8 Å². The van der Waals surface area contributed by atoms with Crippen LogP contribution in [0.4, 0.5) is 0 Å². The summed E-state index contributed by atoms with van der Waals surface area (Å²) < 4.78 is 21.1. The molecule has 0 aromatic carbocycles. The summed E-state index contributed by atoms with van der Waals surface area (Å²) in [5.41, 5.74) is 0. The molecule has 0 heterocycles. The fourth-order valence-corrected chi connectivity index (χ4v) is 1.49. The van der Waals surface area contributed by atoms with E-state index >= 15 is 0 Å². The van der Waals surface area contributed by atoms with Crippen LogP contribution in [0.2, 0.25) is 0 Å². The molecule has 1 unspecified atom stereocenters. The molecule has 0 saturated heterocycles. The molecule has 0 aromatic rings. The van der Waals surface area contributed by atoms with Gasteiger partial charge in [0.05, 0.1) is 0 Å². The predicted octanol–water partition coefficient (Wildman–Crippen LogP) is -0.150. The van der Waals surface area contributed by atoms with E-state index in [1.165, 1.54) is 0 Å². The minimum atomic E-state index is -1.97. The molecule has 0 saturated carbocycles. The van der Waals surface area contributed by atoms with Gasteiger partial charge in [0.1, 0.15) is 6.61 Å². The molecule has 0 aliphatic heterocycles. The normalized spacial score (nSPS) is 11.3. The maximum Gasteiger partial charge on any atom is 1.00 e. The van der Waals surface area contributed by atoms with Crippen molar-refractivity contribution in [1.29, 1.82) is 0 Å². The molecule has 14 heavy (non-hydrogen) atoms. The molecular weight excluding hydrogens is 212 g/mol. The first-order valence-corrected chi connectivity index (χ1v) is 5.87. The van der Waals surface area contributed by atoms with Crippen molar-refractivity contribution in [1.82, 2.24) is 5.06 Å². The van der Waals surface area contributed by atoms with Crippen LogP contribution in [0.15, 0.2) is 0 Å². The van der Waals surface area contributed by atoms with Crippen LogP contribution in [0.25, 0.3) is 0 Å². The van der Waals surface area contributed by atoms with E-state index in [1.807, 2.05) is 13.8 Å². The Morgan fingerprint density at radius 3 is 2.29 bits per heavy atom. The van der Waals surface area contributed by atoms with Gasteiger partial charge in [0.2, 0.25) is 0 Å². The Morgan fingerprint density at radius 2 is 1.86 bits per heavy atom. The molecule has 80 valence electrons. The Balaban J connectivity index is -0.000000720. The number of rotatable bonds is 8. The van der Waals surface area contributed by atoms with Crippen LogP contribution >= 0.6 is 8.25 Å². The van der Waals surface area contributed by atoms with Crippen LogP contribution in [0.5, 0.6) is 0 Å². The topological polar surface area (TPSA) is 38.8 Å². The van der Waals surface area contributed by atoms with Crippen LogP contribution in [0.3, 0.4) is 0 Å². The van der Waals surface area contributed by atoms with Crippen molar-refractivity contribution >= 4 is 8.25 Å². The molecule has 0 aliphatic carbocycles. The largest absolute Gasteiger partial charge is 1.00 e. The smallest absolute Gasteiger partial charge is 1.00 e. The first-order chi connectivity index (χ1) is 6.24. The molecule has 4 nitrogen and oxygen atoms in total. The summed E-state index contributed by atoms with van der Waals surface area (Å²) >= 11 is 0. The second-order valence-corrected chi connectivity index (χ2v) is 3.48. The van der Waals surface area contributed by atoms with E-state index in [0.29, 0.717) is 19.7 Å². The minimum Gasteiger partial charge on any atom is -1.00 e. The Bertz CT molecular complexity index is 150. The van der Waals surface area contributed by atoms with Crippen molar-refractivity contribution in [2.45, 2.75) is 33.6 Å². The van der Waals surface area contributed by atoms with Gasteiger partial charge in [-0.05, 0) is 24.9 Å². The third kappa shape index (κ3) is 9.53. The Morgan fingerprint density at radius 1 is 1.29 bits per heavy atom. The van der Waals surface area contributed by atoms with Crippen molar-refractivity contribution in [3.63, 3.8) is 0 Å². The van der Waals surface area contributed by atoms with Crippen molar-refractivity contribution < 1.29 is 44.7 Å². The van der Waals surface area contributed by atoms with E-state index < -0.39 is 8.25 Å². The third-order valence-corrected chi connectivity index (χ3v) is 2.34. The summed E-state index contributed by atoms with van der Waals surface area (Å²) in [5, 5.41) is 1.62. The van der Waals surface area contributed by atoms with Crippen LogP contribution in [-0.2, 0) is 13.7 Å². The first-order valence-electron chi connectivity index (χ1n) is 4.77. The molecule has 0 amide bonds. The number of hydroxylamine groups is 2. The third-order valence-electron chi connectivity index (χ3n) is 1.58. The maximum absolute atomic E-state index is 11.1. The molecule has 0 spiro atoms. The van der Waals surface area contributed by atoms with E-state index in [2.05, 4.69) is 6.92 Å². The van der Waals surface area contributed by atoms with Gasteiger partial charge in [0.15, 0.2) is 0 Å². The van der Waals surface area contributed by atoms with Crippen LogP contribution in [0, 0.1) is 0 Å². The van der Waals surface area contributed by atoms with Gasteiger partial charge in [0.25, 0.3) is 0 Å². The van der Waals surface area contributed by atoms with Gasteiger partial charge in [-0.2, -0.15) is 0 Å². The predicted molar refractivity (Wildman–Crippen MR) is 53.6 cm³/mol. The van der Waals surface area contributed by atoms with Crippen LogP contribution < -0.4 is 29.6 Å². The summed E-state index contributed by atoms with van der Waals surface area (Å²) in [5.74, 6) is 0. The van der Waals surface area contributed by atoms with Crippen molar-refractivity contribution in [2.24, 2.45) is 0 Å². The van der Waals surface area contributed by atoms with E-state index in [4.69, 9.17) is 9.15 Å². The molecule has 0 bridgehead atoms. The second kappa shape index (κ2) is 12.1. The van der Waals surface area contributed by atoms with Gasteiger partial charge in [-0.1, -0.05) is 13.3 Å². The zero-order chi connectivity index (χ0) is 10.1. The molecule has 0 N–H and O–H groups in total. The van der Waals surface area contributed by atoms with Gasteiger partial charge in [-0.3, -0.25) is 0 Å². The Labute approximate surface area is 111 Å². The van der Waals surface area contributed by atoms with Gasteiger partial charge in [0, 0.05) is 17.7 Å². The molecule has 0 radical (unpaired) electrons. The molecular formula is C8H20NNaO3P+. The van der Waals surface area contributed by atoms with E-state index in [-0.39, 0.29) is 31.0 Å². The monoisotopic (exact) mass is 232 g/mol. The van der Waals surface area contributed by atoms with Crippen molar-refractivity contribution in [3.8, 4) is 0 Å². The summed E-state index contributed by atoms with van der Waals surface area (Å²) in [6.07, 6.45) is 1.96. The fraction of sp³-hybridized carbons (Fsp3) is 1.00. The molecule has 6 heteroatoms. The number of hydrogen-bond donors (Lipinski definition) is 0. The van der Waals surface area contributed by atoms with Gasteiger partial charge in [-0.25, -0.2) is 0 Å². The van der Waals surface area contributed by atoms with E-state index in [0.717, 1.165) is 12.8 Å². The summed E-state index contributed by atoms with van der Waals surface area (Å²) in [4.78, 5) is 0. The first kappa shape index (κ1) is 17.4. The SMILES string of the molecule is CCCCO[P+](=O)ON(CC)CC.[H-].[Na+]. The fourth-order valence-electron chi connectivity index (χ4n) is 0.740. The second-order valence-electron chi connectivity index (χ2n) is 2.61. The van der Waals surface area contributed by atoms with Crippen molar-refractivity contribution in [2.75, 3.05) is 19.7 Å². The number of unbranched alkanes of at least 4 members (excludes halogenated alkanes) is 1. The quantitative estimate of drug-likeness (QED) is 0.252. The Hall–Kier alpha value is 0.980. The summed E-state index contributed by atoms with van der Waals surface area (Å²) in [7, 11) is -1.97. The summed E-state index contributed by atoms with van der Waals surface area (Å²) in [6.45, 7) is 7.88. The average molecular weight is 232 g/mol. The molecule has 0 aromatic heterocycles. The molecule has 0 rings (SSSR count). The van der Waals surface area contributed by atoms with Crippen molar-refractivity contribution in [3.05, 3.63) is 0 Å². The van der Waals surface area contributed by atoms with Gasteiger partial charge in [-0.15, -0.1) is 9.59 Å². The van der Waals surface area contributed by atoms with Crippen LogP contribution in [-0.4, -0.2) is 24.8 Å². The van der Waals surface area contributed by atoms with Gasteiger partial charge < -0.3 is 1.43 Å². The average Bonchev–Trinajstić information content (AvgIpc) is 2.14. The molecule has 0 fully saturated rings. The maximum atomic E-state index is 11.1. The Kier molecular flexibility index (Phi) is 15.0. The zero-order valence-electron chi connectivity index (χ0n) is 10.7. The molecule has 0 aliphatic rings. The molecule has 1 atom stereocenters. The summed E-state index contributed by atoms with van der Waals surface area (Å²) in [6, 6.07) is 0. The number of nitrogens with zero attached hydrogens (tertiary/aromatic N) is 1. The number of hydrogen-bond acceptors (Lipinski definition) is 4.